The minimum absolute atomic E-state index is 0.315. The molecule has 2 N–H and O–H groups in total. The maximum Gasteiger partial charge on any atom is 0.119 e. The standard InChI is InChI=1S/C16H22N2OS/c1-11-7-12(2)9-13(8-11)19-6-5-15-18-10-14(20-15)16(3,4)17/h7-10H,5-6,17H2,1-4H3. The van der Waals surface area contributed by atoms with E-state index in [-0.39, 0.29) is 5.54 Å². The molecule has 0 aliphatic carbocycles. The van der Waals surface area contributed by atoms with E-state index >= 15 is 0 Å². The number of thiazole rings is 1. The molecule has 0 aliphatic rings. The molecule has 0 saturated carbocycles. The van der Waals surface area contributed by atoms with Gasteiger partial charge >= 0.3 is 0 Å². The van der Waals surface area contributed by atoms with Gasteiger partial charge in [0.25, 0.3) is 0 Å². The lowest BCUT2D eigenvalue weighted by Crippen LogP contribution is -2.27. The Kier molecular flexibility index (Phi) is 4.45. The molecule has 108 valence electrons. The fourth-order valence-electron chi connectivity index (χ4n) is 2.00. The predicted molar refractivity (Wildman–Crippen MR) is 84.4 cm³/mol. The van der Waals surface area contributed by atoms with E-state index in [0.29, 0.717) is 6.61 Å². The van der Waals surface area contributed by atoms with Gasteiger partial charge in [-0.05, 0) is 51.0 Å². The molecule has 0 bridgehead atoms. The number of ether oxygens (including phenoxy) is 1. The van der Waals surface area contributed by atoms with E-state index in [0.717, 1.165) is 22.1 Å². The monoisotopic (exact) mass is 290 g/mol. The van der Waals surface area contributed by atoms with E-state index in [1.54, 1.807) is 11.3 Å². The van der Waals surface area contributed by atoms with Crippen LogP contribution in [0.4, 0.5) is 0 Å². The Bertz CT molecular complexity index is 564. The Morgan fingerprint density at radius 1 is 1.20 bits per heavy atom. The second-order valence-corrected chi connectivity index (χ2v) is 6.88. The molecule has 0 unspecified atom stereocenters. The summed E-state index contributed by atoms with van der Waals surface area (Å²) in [5.41, 5.74) is 8.19. The number of benzene rings is 1. The van der Waals surface area contributed by atoms with E-state index in [2.05, 4.69) is 37.0 Å². The second-order valence-electron chi connectivity index (χ2n) is 5.76. The number of nitrogens with zero attached hydrogens (tertiary/aromatic N) is 1. The highest BCUT2D eigenvalue weighted by Crippen LogP contribution is 2.24. The van der Waals surface area contributed by atoms with Crippen LogP contribution in [0.5, 0.6) is 5.75 Å². The van der Waals surface area contributed by atoms with Crippen LogP contribution in [-0.2, 0) is 12.0 Å². The van der Waals surface area contributed by atoms with Crippen LogP contribution < -0.4 is 10.5 Å². The summed E-state index contributed by atoms with van der Waals surface area (Å²) in [5.74, 6) is 0.929. The Labute approximate surface area is 124 Å². The van der Waals surface area contributed by atoms with Crippen molar-refractivity contribution in [2.45, 2.75) is 39.7 Å². The van der Waals surface area contributed by atoms with Crippen molar-refractivity contribution in [2.24, 2.45) is 5.73 Å². The van der Waals surface area contributed by atoms with Crippen LogP contribution in [0.25, 0.3) is 0 Å². The fourth-order valence-corrected chi connectivity index (χ4v) is 2.91. The van der Waals surface area contributed by atoms with Gasteiger partial charge in [-0.25, -0.2) is 4.98 Å². The third-order valence-corrected chi connectivity index (χ3v) is 4.37. The van der Waals surface area contributed by atoms with Crippen molar-refractivity contribution >= 4 is 11.3 Å². The SMILES string of the molecule is Cc1cc(C)cc(OCCc2ncc(C(C)(C)N)s2)c1. The Morgan fingerprint density at radius 3 is 2.40 bits per heavy atom. The number of aryl methyl sites for hydroxylation is 2. The normalized spacial score (nSPS) is 11.7. The molecule has 0 amide bonds. The van der Waals surface area contributed by atoms with Crippen LogP contribution in [0.1, 0.15) is 34.9 Å². The number of aromatic nitrogens is 1. The lowest BCUT2D eigenvalue weighted by molar-refractivity contribution is 0.321. The second kappa shape index (κ2) is 5.94. The zero-order chi connectivity index (χ0) is 14.8. The van der Waals surface area contributed by atoms with Crippen LogP contribution in [0, 0.1) is 13.8 Å². The number of hydrogen-bond acceptors (Lipinski definition) is 4. The maximum atomic E-state index is 6.06. The molecule has 1 heterocycles. The van der Waals surface area contributed by atoms with Gasteiger partial charge in [0.15, 0.2) is 0 Å². The van der Waals surface area contributed by atoms with Gasteiger partial charge in [-0.3, -0.25) is 0 Å². The summed E-state index contributed by atoms with van der Waals surface area (Å²) in [6.45, 7) is 8.79. The fraction of sp³-hybridized carbons (Fsp3) is 0.438. The van der Waals surface area contributed by atoms with Gasteiger partial charge in [-0.15, -0.1) is 11.3 Å². The summed E-state index contributed by atoms with van der Waals surface area (Å²) in [5, 5.41) is 1.07. The zero-order valence-electron chi connectivity index (χ0n) is 12.6. The highest BCUT2D eigenvalue weighted by molar-refractivity contribution is 7.11. The van der Waals surface area contributed by atoms with Gasteiger partial charge in [-0.1, -0.05) is 6.07 Å². The Hall–Kier alpha value is -1.39. The van der Waals surface area contributed by atoms with Crippen molar-refractivity contribution in [3.63, 3.8) is 0 Å². The molecule has 1 aromatic carbocycles. The summed E-state index contributed by atoms with van der Waals surface area (Å²) in [6, 6.07) is 6.26. The van der Waals surface area contributed by atoms with Crippen LogP contribution in [0.15, 0.2) is 24.4 Å². The molecule has 20 heavy (non-hydrogen) atoms. The molecule has 3 nitrogen and oxygen atoms in total. The first-order chi connectivity index (χ1) is 9.34. The van der Waals surface area contributed by atoms with E-state index in [9.17, 15) is 0 Å². The molecule has 0 atom stereocenters. The average molecular weight is 290 g/mol. The zero-order valence-corrected chi connectivity index (χ0v) is 13.4. The van der Waals surface area contributed by atoms with Gasteiger partial charge in [0, 0.05) is 23.0 Å². The number of nitrogens with two attached hydrogens (primary N) is 1. The van der Waals surface area contributed by atoms with Crippen LogP contribution in [0.2, 0.25) is 0 Å². The van der Waals surface area contributed by atoms with E-state index in [4.69, 9.17) is 10.5 Å². The van der Waals surface area contributed by atoms with Crippen molar-refractivity contribution in [2.75, 3.05) is 6.61 Å². The first kappa shape index (κ1) is 15.0. The van der Waals surface area contributed by atoms with Gasteiger partial charge < -0.3 is 10.5 Å². The highest BCUT2D eigenvalue weighted by atomic mass is 32.1. The molecule has 1 aromatic heterocycles. The van der Waals surface area contributed by atoms with Gasteiger partial charge in [0.2, 0.25) is 0 Å². The van der Waals surface area contributed by atoms with Crippen molar-refractivity contribution in [3.05, 3.63) is 45.4 Å². The van der Waals surface area contributed by atoms with Gasteiger partial charge in [0.05, 0.1) is 11.6 Å². The van der Waals surface area contributed by atoms with Gasteiger partial charge in [-0.2, -0.15) is 0 Å². The largest absolute Gasteiger partial charge is 0.493 e. The molecule has 0 spiro atoms. The van der Waals surface area contributed by atoms with Crippen LogP contribution in [0.3, 0.4) is 0 Å². The lowest BCUT2D eigenvalue weighted by Gasteiger charge is -2.14. The first-order valence-electron chi connectivity index (χ1n) is 6.80. The molecule has 4 heteroatoms. The minimum Gasteiger partial charge on any atom is -0.493 e. The van der Waals surface area contributed by atoms with Crippen LogP contribution in [-0.4, -0.2) is 11.6 Å². The van der Waals surface area contributed by atoms with E-state index in [1.807, 2.05) is 20.0 Å². The topological polar surface area (TPSA) is 48.1 Å². The summed E-state index contributed by atoms with van der Waals surface area (Å²) < 4.78 is 5.80. The smallest absolute Gasteiger partial charge is 0.119 e. The van der Waals surface area contributed by atoms with E-state index in [1.165, 1.54) is 11.1 Å². The molecule has 2 aromatic rings. The Balaban J connectivity index is 1.91. The first-order valence-corrected chi connectivity index (χ1v) is 7.61. The summed E-state index contributed by atoms with van der Waals surface area (Å²) >= 11 is 1.67. The molecule has 0 aliphatic heterocycles. The van der Waals surface area contributed by atoms with Crippen molar-refractivity contribution in [3.8, 4) is 5.75 Å². The average Bonchev–Trinajstić information content (AvgIpc) is 2.76. The predicted octanol–water partition coefficient (Wildman–Crippen LogP) is 3.58. The van der Waals surface area contributed by atoms with Crippen molar-refractivity contribution in [1.29, 1.82) is 0 Å². The molecule has 0 fully saturated rings. The summed E-state index contributed by atoms with van der Waals surface area (Å²) in [6.07, 6.45) is 2.69. The molecular formula is C16H22N2OS. The molecule has 0 radical (unpaired) electrons. The number of rotatable bonds is 5. The maximum absolute atomic E-state index is 6.06. The third kappa shape index (κ3) is 4.05. The van der Waals surface area contributed by atoms with Crippen molar-refractivity contribution < 1.29 is 4.74 Å². The van der Waals surface area contributed by atoms with Crippen molar-refractivity contribution in [1.82, 2.24) is 4.98 Å². The summed E-state index contributed by atoms with van der Waals surface area (Å²) in [7, 11) is 0. The molecule has 0 saturated heterocycles. The van der Waals surface area contributed by atoms with E-state index < -0.39 is 0 Å². The number of hydrogen-bond donors (Lipinski definition) is 1. The lowest BCUT2D eigenvalue weighted by atomic mass is 10.1. The Morgan fingerprint density at radius 2 is 1.85 bits per heavy atom. The van der Waals surface area contributed by atoms with Crippen LogP contribution >= 0.6 is 11.3 Å². The quantitative estimate of drug-likeness (QED) is 0.915. The molecular weight excluding hydrogens is 268 g/mol. The summed E-state index contributed by atoms with van der Waals surface area (Å²) in [4.78, 5) is 5.52. The third-order valence-electron chi connectivity index (χ3n) is 2.97. The van der Waals surface area contributed by atoms with Gasteiger partial charge in [0.1, 0.15) is 5.75 Å². The molecule has 2 rings (SSSR count). The highest BCUT2D eigenvalue weighted by Gasteiger charge is 2.17. The minimum atomic E-state index is -0.315.